The quantitative estimate of drug-likeness (QED) is 0.636. The van der Waals surface area contributed by atoms with Crippen LogP contribution in [0.5, 0.6) is 0 Å². The molecule has 1 heterocycles. The molecule has 0 radical (unpaired) electrons. The van der Waals surface area contributed by atoms with Crippen LogP contribution in [0.1, 0.15) is 42.4 Å². The number of benzene rings is 1. The highest BCUT2D eigenvalue weighted by Crippen LogP contribution is 2.26. The Balaban J connectivity index is 2.28. The average Bonchev–Trinajstić information content (AvgIpc) is 2.87. The number of nitrogens with two attached hydrogens (primary N) is 1. The van der Waals surface area contributed by atoms with E-state index in [0.717, 1.165) is 41.2 Å². The Kier molecular flexibility index (Phi) is 5.39. The lowest BCUT2D eigenvalue weighted by Gasteiger charge is -2.18. The molecule has 0 aliphatic carbocycles. The van der Waals surface area contributed by atoms with Crippen molar-refractivity contribution in [3.05, 3.63) is 51.8 Å². The highest BCUT2D eigenvalue weighted by Gasteiger charge is 2.17. The first-order valence-corrected chi connectivity index (χ1v) is 7.74. The van der Waals surface area contributed by atoms with E-state index in [1.54, 1.807) is 0 Å². The second-order valence-corrected chi connectivity index (χ2v) is 5.65. The van der Waals surface area contributed by atoms with Gasteiger partial charge >= 0.3 is 0 Å². The van der Waals surface area contributed by atoms with Crippen LogP contribution in [0.4, 0.5) is 0 Å². The predicted molar refractivity (Wildman–Crippen MR) is 87.2 cm³/mol. The van der Waals surface area contributed by atoms with Gasteiger partial charge in [0, 0.05) is 23.7 Å². The monoisotopic (exact) mass is 306 g/mol. The topological polar surface area (TPSA) is 55.9 Å². The molecule has 3 N–H and O–H groups in total. The van der Waals surface area contributed by atoms with Gasteiger partial charge in [-0.3, -0.25) is 16.0 Å². The van der Waals surface area contributed by atoms with Crippen LogP contribution < -0.4 is 11.3 Å². The van der Waals surface area contributed by atoms with E-state index in [-0.39, 0.29) is 6.04 Å². The molecule has 0 bridgehead atoms. The minimum absolute atomic E-state index is 0.0233. The van der Waals surface area contributed by atoms with Gasteiger partial charge in [-0.15, -0.1) is 0 Å². The molecular formula is C16H23ClN4. The van der Waals surface area contributed by atoms with Crippen LogP contribution in [0, 0.1) is 6.92 Å². The fourth-order valence-corrected chi connectivity index (χ4v) is 2.88. The van der Waals surface area contributed by atoms with Crippen molar-refractivity contribution in [3.63, 3.8) is 0 Å². The minimum Gasteiger partial charge on any atom is -0.271 e. The number of nitrogens with zero attached hydrogens (tertiary/aromatic N) is 2. The first kappa shape index (κ1) is 16.0. The van der Waals surface area contributed by atoms with Crippen LogP contribution in [0.15, 0.2) is 24.3 Å². The molecule has 5 heteroatoms. The molecule has 0 saturated carbocycles. The van der Waals surface area contributed by atoms with Crippen molar-refractivity contribution in [2.45, 2.75) is 46.2 Å². The lowest BCUT2D eigenvalue weighted by Crippen LogP contribution is -2.30. The normalized spacial score (nSPS) is 12.6. The zero-order valence-electron chi connectivity index (χ0n) is 12.9. The number of halogens is 1. The van der Waals surface area contributed by atoms with E-state index >= 15 is 0 Å². The fourth-order valence-electron chi connectivity index (χ4n) is 2.51. The molecule has 2 rings (SSSR count). The molecule has 0 saturated heterocycles. The first-order valence-electron chi connectivity index (χ1n) is 7.36. The van der Waals surface area contributed by atoms with E-state index in [0.29, 0.717) is 0 Å². The summed E-state index contributed by atoms with van der Waals surface area (Å²) in [7, 11) is 0. The van der Waals surface area contributed by atoms with Gasteiger partial charge in [0.2, 0.25) is 0 Å². The van der Waals surface area contributed by atoms with Crippen molar-refractivity contribution in [2.24, 2.45) is 5.84 Å². The van der Waals surface area contributed by atoms with E-state index in [1.807, 2.05) is 23.7 Å². The summed E-state index contributed by atoms with van der Waals surface area (Å²) < 4.78 is 2.03. The smallest absolute Gasteiger partial charge is 0.0624 e. The third kappa shape index (κ3) is 3.64. The van der Waals surface area contributed by atoms with Gasteiger partial charge < -0.3 is 0 Å². The van der Waals surface area contributed by atoms with Gasteiger partial charge in [0.05, 0.1) is 11.7 Å². The van der Waals surface area contributed by atoms with Gasteiger partial charge in [0.15, 0.2) is 0 Å². The maximum Gasteiger partial charge on any atom is 0.0624 e. The average molecular weight is 307 g/mol. The summed E-state index contributed by atoms with van der Waals surface area (Å²) in [5.74, 6) is 5.75. The standard InChI is InChI=1S/C16H23ClN4/c1-4-12-9-13(21(5-2)20-12)10-16(19-18)14-7-6-11(3)8-15(14)17/h6-9,16,19H,4-5,10,18H2,1-3H3. The predicted octanol–water partition coefficient (Wildman–Crippen LogP) is 3.17. The van der Waals surface area contributed by atoms with E-state index < -0.39 is 0 Å². The number of aryl methyl sites for hydroxylation is 3. The molecule has 1 aromatic carbocycles. The van der Waals surface area contributed by atoms with Crippen LogP contribution in [-0.4, -0.2) is 9.78 Å². The Morgan fingerprint density at radius 3 is 2.67 bits per heavy atom. The Hall–Kier alpha value is -1.36. The first-order chi connectivity index (χ1) is 10.1. The molecular weight excluding hydrogens is 284 g/mol. The Morgan fingerprint density at radius 2 is 2.10 bits per heavy atom. The Labute approximate surface area is 131 Å². The van der Waals surface area contributed by atoms with E-state index in [9.17, 15) is 0 Å². The maximum absolute atomic E-state index is 6.36. The summed E-state index contributed by atoms with van der Waals surface area (Å²) in [6, 6.07) is 8.19. The van der Waals surface area contributed by atoms with Gasteiger partial charge in [-0.1, -0.05) is 30.7 Å². The molecule has 1 atom stereocenters. The van der Waals surface area contributed by atoms with Crippen LogP contribution in [-0.2, 0) is 19.4 Å². The molecule has 4 nitrogen and oxygen atoms in total. The highest BCUT2D eigenvalue weighted by atomic mass is 35.5. The summed E-state index contributed by atoms with van der Waals surface area (Å²) in [6.07, 6.45) is 1.70. The van der Waals surface area contributed by atoms with Crippen molar-refractivity contribution >= 4 is 11.6 Å². The summed E-state index contributed by atoms with van der Waals surface area (Å²) in [4.78, 5) is 0. The summed E-state index contributed by atoms with van der Waals surface area (Å²) in [6.45, 7) is 7.09. The lowest BCUT2D eigenvalue weighted by atomic mass is 10.0. The summed E-state index contributed by atoms with van der Waals surface area (Å²) in [5, 5.41) is 5.33. The van der Waals surface area contributed by atoms with Crippen molar-refractivity contribution in [1.29, 1.82) is 0 Å². The third-order valence-corrected chi connectivity index (χ3v) is 4.05. The second-order valence-electron chi connectivity index (χ2n) is 5.24. The lowest BCUT2D eigenvalue weighted by molar-refractivity contribution is 0.516. The van der Waals surface area contributed by atoms with Crippen molar-refractivity contribution in [2.75, 3.05) is 0 Å². The van der Waals surface area contributed by atoms with Gasteiger partial charge in [-0.2, -0.15) is 5.10 Å². The number of hydrazine groups is 1. The Morgan fingerprint density at radius 1 is 1.33 bits per heavy atom. The third-order valence-electron chi connectivity index (χ3n) is 3.72. The number of nitrogens with one attached hydrogen (secondary N) is 1. The molecule has 0 amide bonds. The molecule has 21 heavy (non-hydrogen) atoms. The summed E-state index contributed by atoms with van der Waals surface area (Å²) >= 11 is 6.36. The van der Waals surface area contributed by atoms with Crippen LogP contribution >= 0.6 is 11.6 Å². The number of hydrogen-bond donors (Lipinski definition) is 2. The second kappa shape index (κ2) is 7.07. The van der Waals surface area contributed by atoms with E-state index in [1.165, 1.54) is 5.69 Å². The molecule has 0 aliphatic heterocycles. The SMILES string of the molecule is CCc1cc(CC(NN)c2ccc(C)cc2Cl)n(CC)n1. The van der Waals surface area contributed by atoms with Gasteiger partial charge in [0.1, 0.15) is 0 Å². The van der Waals surface area contributed by atoms with E-state index in [4.69, 9.17) is 17.4 Å². The van der Waals surface area contributed by atoms with Crippen molar-refractivity contribution in [1.82, 2.24) is 15.2 Å². The van der Waals surface area contributed by atoms with Crippen molar-refractivity contribution in [3.8, 4) is 0 Å². The van der Waals surface area contributed by atoms with E-state index in [2.05, 4.69) is 36.5 Å². The van der Waals surface area contributed by atoms with Crippen molar-refractivity contribution < 1.29 is 0 Å². The molecule has 2 aromatic rings. The largest absolute Gasteiger partial charge is 0.271 e. The maximum atomic E-state index is 6.36. The summed E-state index contributed by atoms with van der Waals surface area (Å²) in [5.41, 5.74) is 7.33. The Bertz CT molecular complexity index is 606. The van der Waals surface area contributed by atoms with Crippen LogP contribution in [0.3, 0.4) is 0 Å². The van der Waals surface area contributed by atoms with Gasteiger partial charge in [-0.25, -0.2) is 0 Å². The molecule has 0 fully saturated rings. The van der Waals surface area contributed by atoms with Crippen LogP contribution in [0.2, 0.25) is 5.02 Å². The minimum atomic E-state index is -0.0233. The van der Waals surface area contributed by atoms with Gasteiger partial charge in [0.25, 0.3) is 0 Å². The molecule has 1 unspecified atom stereocenters. The molecule has 0 aliphatic rings. The molecule has 1 aromatic heterocycles. The fraction of sp³-hybridized carbons (Fsp3) is 0.438. The number of rotatable bonds is 6. The highest BCUT2D eigenvalue weighted by molar-refractivity contribution is 6.31. The molecule has 0 spiro atoms. The number of hydrogen-bond acceptors (Lipinski definition) is 3. The van der Waals surface area contributed by atoms with Gasteiger partial charge in [-0.05, 0) is 43.5 Å². The number of aromatic nitrogens is 2. The zero-order chi connectivity index (χ0) is 15.4. The zero-order valence-corrected chi connectivity index (χ0v) is 13.6. The molecule has 114 valence electrons. The van der Waals surface area contributed by atoms with Crippen LogP contribution in [0.25, 0.3) is 0 Å².